The average molecular weight is 322 g/mol. The number of hydrogen-bond donors (Lipinski definition) is 0. The summed E-state index contributed by atoms with van der Waals surface area (Å²) < 4.78 is 0. The third-order valence-electron chi connectivity index (χ3n) is 7.18. The molecule has 24 heavy (non-hydrogen) atoms. The Hall–Kier alpha value is -1.70. The predicted molar refractivity (Wildman–Crippen MR) is 95.3 cm³/mol. The van der Waals surface area contributed by atoms with E-state index in [1.165, 1.54) is 27.8 Å². The maximum absolute atomic E-state index is 11.9. The van der Waals surface area contributed by atoms with Crippen LogP contribution < -0.4 is 0 Å². The molecule has 0 aromatic heterocycles. The van der Waals surface area contributed by atoms with Crippen molar-refractivity contribution in [2.45, 2.75) is 64.7 Å². The smallest absolute Gasteiger partial charge is 0.155 e. The molecule has 0 saturated heterocycles. The van der Waals surface area contributed by atoms with Gasteiger partial charge in [0.25, 0.3) is 0 Å². The van der Waals surface area contributed by atoms with E-state index >= 15 is 0 Å². The normalized spacial score (nSPS) is 32.5. The fourth-order valence-corrected chi connectivity index (χ4v) is 5.65. The van der Waals surface area contributed by atoms with Crippen LogP contribution in [0.4, 0.5) is 0 Å². The number of rotatable bonds is 2. The second-order valence-electron chi connectivity index (χ2n) is 8.28. The molecule has 3 aliphatic rings. The zero-order chi connectivity index (χ0) is 17.1. The molecule has 0 amide bonds. The molecular formula is C22H26O2. The van der Waals surface area contributed by atoms with Gasteiger partial charge in [-0.25, -0.2) is 0 Å². The number of aldehydes is 1. The molecule has 4 atom stereocenters. The maximum atomic E-state index is 11.9. The van der Waals surface area contributed by atoms with Crippen LogP contribution in [0.25, 0.3) is 0 Å². The topological polar surface area (TPSA) is 34.1 Å². The van der Waals surface area contributed by atoms with E-state index in [9.17, 15) is 9.59 Å². The Bertz CT molecular complexity index is 757. The Kier molecular flexibility index (Phi) is 3.56. The molecule has 3 aliphatic carbocycles. The van der Waals surface area contributed by atoms with Crippen molar-refractivity contribution in [3.8, 4) is 0 Å². The van der Waals surface area contributed by atoms with E-state index in [0.717, 1.165) is 32.0 Å². The Morgan fingerprint density at radius 3 is 2.83 bits per heavy atom. The van der Waals surface area contributed by atoms with E-state index in [1.807, 2.05) is 13.0 Å². The summed E-state index contributed by atoms with van der Waals surface area (Å²) in [5.41, 5.74) is 7.07. The third-order valence-corrected chi connectivity index (χ3v) is 7.18. The van der Waals surface area contributed by atoms with Gasteiger partial charge in [-0.1, -0.05) is 31.6 Å². The number of benzene rings is 1. The van der Waals surface area contributed by atoms with Crippen LogP contribution in [0.5, 0.6) is 0 Å². The van der Waals surface area contributed by atoms with Crippen molar-refractivity contribution < 1.29 is 9.59 Å². The van der Waals surface area contributed by atoms with Crippen LogP contribution in [0, 0.1) is 18.3 Å². The third kappa shape index (κ3) is 2.08. The summed E-state index contributed by atoms with van der Waals surface area (Å²) in [6.45, 7) is 6.56. The van der Waals surface area contributed by atoms with Crippen molar-refractivity contribution in [2.75, 3.05) is 0 Å². The van der Waals surface area contributed by atoms with Crippen LogP contribution in [-0.4, -0.2) is 12.1 Å². The lowest BCUT2D eigenvalue weighted by molar-refractivity contribution is -0.116. The monoisotopic (exact) mass is 322 g/mol. The Balaban J connectivity index is 1.77. The fourth-order valence-electron chi connectivity index (χ4n) is 5.65. The molecule has 1 fully saturated rings. The van der Waals surface area contributed by atoms with E-state index in [0.29, 0.717) is 24.0 Å². The standard InChI is InChI=1S/C22H26O2/c1-13(12-23)17-6-7-18-19-5-4-15-10-16(24)8-9-22(15,3)21(19)11-20(18)14(17)2/h6-7,10,12-13,19,21H,4-5,8-9,11H2,1-3H3/t13-,19?,21?,22+/m1/s1. The van der Waals surface area contributed by atoms with Crippen LogP contribution in [0.2, 0.25) is 0 Å². The lowest BCUT2D eigenvalue weighted by Crippen LogP contribution is -2.39. The quantitative estimate of drug-likeness (QED) is 0.743. The molecule has 0 radical (unpaired) electrons. The van der Waals surface area contributed by atoms with E-state index in [-0.39, 0.29) is 11.3 Å². The van der Waals surface area contributed by atoms with Crippen LogP contribution in [0.15, 0.2) is 23.8 Å². The minimum absolute atomic E-state index is 0.0312. The highest BCUT2D eigenvalue weighted by Gasteiger charge is 2.50. The summed E-state index contributed by atoms with van der Waals surface area (Å²) >= 11 is 0. The van der Waals surface area contributed by atoms with Crippen LogP contribution in [0.1, 0.15) is 73.6 Å². The Labute approximate surface area is 144 Å². The number of carbonyl (C=O) groups excluding carboxylic acids is 2. The molecule has 0 heterocycles. The summed E-state index contributed by atoms with van der Waals surface area (Å²) in [4.78, 5) is 23.1. The molecule has 1 saturated carbocycles. The molecule has 2 nitrogen and oxygen atoms in total. The van der Waals surface area contributed by atoms with Gasteiger partial charge in [0.1, 0.15) is 6.29 Å². The number of fused-ring (bicyclic) bond motifs is 5. The van der Waals surface area contributed by atoms with Crippen LogP contribution in [0.3, 0.4) is 0 Å². The second kappa shape index (κ2) is 5.40. The molecule has 0 N–H and O–H groups in total. The van der Waals surface area contributed by atoms with Crippen molar-refractivity contribution in [3.05, 3.63) is 46.0 Å². The summed E-state index contributed by atoms with van der Waals surface area (Å²) in [5, 5.41) is 0. The van der Waals surface area contributed by atoms with Gasteiger partial charge < -0.3 is 4.79 Å². The van der Waals surface area contributed by atoms with Gasteiger partial charge in [-0.3, -0.25) is 4.79 Å². The van der Waals surface area contributed by atoms with Gasteiger partial charge in [0.15, 0.2) is 5.78 Å². The highest BCUT2D eigenvalue weighted by Crippen LogP contribution is 2.60. The lowest BCUT2D eigenvalue weighted by Gasteiger charge is -2.47. The van der Waals surface area contributed by atoms with Crippen molar-refractivity contribution >= 4 is 12.1 Å². The van der Waals surface area contributed by atoms with E-state index in [2.05, 4.69) is 26.0 Å². The van der Waals surface area contributed by atoms with Crippen molar-refractivity contribution in [3.63, 3.8) is 0 Å². The minimum Gasteiger partial charge on any atom is -0.303 e. The zero-order valence-electron chi connectivity index (χ0n) is 14.9. The zero-order valence-corrected chi connectivity index (χ0v) is 14.9. The highest BCUT2D eigenvalue weighted by atomic mass is 16.1. The summed E-state index contributed by atoms with van der Waals surface area (Å²) in [6.07, 6.45) is 8.03. The van der Waals surface area contributed by atoms with Crippen LogP contribution in [-0.2, 0) is 16.0 Å². The van der Waals surface area contributed by atoms with Gasteiger partial charge in [-0.15, -0.1) is 0 Å². The first-order valence-electron chi connectivity index (χ1n) is 9.27. The molecular weight excluding hydrogens is 296 g/mol. The SMILES string of the molecule is Cc1c([C@H](C)C=O)ccc2c1CC1C2CCC2=CC(=O)CC[C@@]21C. The minimum atomic E-state index is -0.0312. The largest absolute Gasteiger partial charge is 0.303 e. The number of ketones is 1. The lowest BCUT2D eigenvalue weighted by atomic mass is 9.57. The summed E-state index contributed by atoms with van der Waals surface area (Å²) in [6, 6.07) is 4.46. The summed E-state index contributed by atoms with van der Waals surface area (Å²) in [5.74, 6) is 1.52. The molecule has 0 spiro atoms. The molecule has 2 unspecified atom stereocenters. The first kappa shape index (κ1) is 15.8. The van der Waals surface area contributed by atoms with Crippen molar-refractivity contribution in [1.29, 1.82) is 0 Å². The summed E-state index contributed by atoms with van der Waals surface area (Å²) in [7, 11) is 0. The fraction of sp³-hybridized carbons (Fsp3) is 0.545. The molecule has 1 aromatic carbocycles. The molecule has 1 aromatic rings. The Morgan fingerprint density at radius 2 is 2.08 bits per heavy atom. The van der Waals surface area contributed by atoms with Gasteiger partial charge in [-0.05, 0) is 78.2 Å². The molecule has 126 valence electrons. The van der Waals surface area contributed by atoms with Gasteiger partial charge >= 0.3 is 0 Å². The Morgan fingerprint density at radius 1 is 1.29 bits per heavy atom. The predicted octanol–water partition coefficient (Wildman–Crippen LogP) is 4.64. The molecule has 4 rings (SSSR count). The van der Waals surface area contributed by atoms with Gasteiger partial charge in [0, 0.05) is 12.3 Å². The van der Waals surface area contributed by atoms with Crippen molar-refractivity contribution in [2.24, 2.45) is 11.3 Å². The number of carbonyl (C=O) groups is 2. The van der Waals surface area contributed by atoms with Gasteiger partial charge in [0.2, 0.25) is 0 Å². The average Bonchev–Trinajstić information content (AvgIpc) is 2.96. The highest BCUT2D eigenvalue weighted by molar-refractivity contribution is 5.91. The van der Waals surface area contributed by atoms with E-state index < -0.39 is 0 Å². The van der Waals surface area contributed by atoms with E-state index in [4.69, 9.17) is 0 Å². The van der Waals surface area contributed by atoms with Crippen molar-refractivity contribution in [1.82, 2.24) is 0 Å². The first-order chi connectivity index (χ1) is 11.5. The maximum Gasteiger partial charge on any atom is 0.155 e. The molecule has 2 heteroatoms. The first-order valence-corrected chi connectivity index (χ1v) is 9.27. The van der Waals surface area contributed by atoms with Gasteiger partial charge in [-0.2, -0.15) is 0 Å². The number of hydrogen-bond acceptors (Lipinski definition) is 2. The molecule has 0 aliphatic heterocycles. The number of allylic oxidation sites excluding steroid dienone is 2. The van der Waals surface area contributed by atoms with E-state index in [1.54, 1.807) is 0 Å². The van der Waals surface area contributed by atoms with Gasteiger partial charge in [0.05, 0.1) is 0 Å². The molecule has 0 bridgehead atoms. The second-order valence-corrected chi connectivity index (χ2v) is 8.28. The van der Waals surface area contributed by atoms with Crippen LogP contribution >= 0.6 is 0 Å².